The van der Waals surface area contributed by atoms with E-state index in [0.717, 1.165) is 33.4 Å². The number of rotatable bonds is 6. The van der Waals surface area contributed by atoms with Crippen LogP contribution in [0.4, 0.5) is 0 Å². The maximum Gasteiger partial charge on any atom is 0.355 e. The second-order valence-electron chi connectivity index (χ2n) is 8.62. The molecule has 0 bridgehead atoms. The lowest BCUT2D eigenvalue weighted by molar-refractivity contribution is 0.0457. The van der Waals surface area contributed by atoms with Crippen molar-refractivity contribution in [2.24, 2.45) is 0 Å². The third-order valence-corrected chi connectivity index (χ3v) is 6.27. The standard InChI is InChI=1S/C30H28N2O4/c1-19-21(3)27(29(33)35-17-23-11-7-5-8-12-23)31-25(19)15-16-26-20(2)22(4)28(32-26)30(34)36-18-24-13-9-6-10-14-24/h5-14,31-32H,17-18H2,1-4H3. The third kappa shape index (κ3) is 5.42. The van der Waals surface area contributed by atoms with Gasteiger partial charge in [0.2, 0.25) is 0 Å². The lowest BCUT2D eigenvalue weighted by Gasteiger charge is -2.04. The van der Waals surface area contributed by atoms with Crippen LogP contribution in [-0.2, 0) is 22.7 Å². The lowest BCUT2D eigenvalue weighted by atomic mass is 10.1. The zero-order chi connectivity index (χ0) is 25.7. The molecule has 2 aromatic carbocycles. The van der Waals surface area contributed by atoms with Gasteiger partial charge in [0, 0.05) is 0 Å². The summed E-state index contributed by atoms with van der Waals surface area (Å²) in [6, 6.07) is 19.1. The van der Waals surface area contributed by atoms with Crippen LogP contribution < -0.4 is 0 Å². The van der Waals surface area contributed by atoms with Crippen molar-refractivity contribution >= 4 is 11.9 Å². The van der Waals surface area contributed by atoms with E-state index in [2.05, 4.69) is 21.8 Å². The van der Waals surface area contributed by atoms with Gasteiger partial charge in [0.25, 0.3) is 0 Å². The Labute approximate surface area is 210 Å². The van der Waals surface area contributed by atoms with Crippen molar-refractivity contribution in [3.8, 4) is 11.8 Å². The molecular weight excluding hydrogens is 452 g/mol. The van der Waals surface area contributed by atoms with Gasteiger partial charge in [0.1, 0.15) is 24.6 Å². The number of benzene rings is 2. The average molecular weight is 481 g/mol. The smallest absolute Gasteiger partial charge is 0.355 e. The fourth-order valence-electron chi connectivity index (χ4n) is 3.75. The molecule has 0 fully saturated rings. The Hall–Kier alpha value is -4.50. The molecule has 0 aliphatic carbocycles. The lowest BCUT2D eigenvalue weighted by Crippen LogP contribution is -2.07. The molecule has 0 amide bonds. The van der Waals surface area contributed by atoms with E-state index < -0.39 is 11.9 Å². The van der Waals surface area contributed by atoms with E-state index in [1.807, 2.05) is 88.4 Å². The number of ether oxygens (including phenoxy) is 2. The second kappa shape index (κ2) is 10.8. The van der Waals surface area contributed by atoms with Gasteiger partial charge in [-0.05, 0) is 72.9 Å². The minimum Gasteiger partial charge on any atom is -0.456 e. The van der Waals surface area contributed by atoms with Crippen LogP contribution in [0.1, 0.15) is 65.7 Å². The quantitative estimate of drug-likeness (QED) is 0.274. The molecule has 0 aliphatic rings. The largest absolute Gasteiger partial charge is 0.456 e. The summed E-state index contributed by atoms with van der Waals surface area (Å²) in [6.07, 6.45) is 0. The molecule has 0 spiro atoms. The maximum atomic E-state index is 12.7. The van der Waals surface area contributed by atoms with Crippen LogP contribution in [0.15, 0.2) is 60.7 Å². The monoisotopic (exact) mass is 480 g/mol. The molecule has 2 N–H and O–H groups in total. The molecule has 0 unspecified atom stereocenters. The first-order valence-electron chi connectivity index (χ1n) is 11.7. The molecular formula is C30H28N2O4. The number of carbonyl (C=O) groups excluding carboxylic acids is 2. The van der Waals surface area contributed by atoms with Gasteiger partial charge in [-0.3, -0.25) is 0 Å². The maximum absolute atomic E-state index is 12.7. The first kappa shape index (κ1) is 24.6. The molecule has 6 nitrogen and oxygen atoms in total. The van der Waals surface area contributed by atoms with E-state index in [-0.39, 0.29) is 13.2 Å². The molecule has 0 atom stereocenters. The zero-order valence-electron chi connectivity index (χ0n) is 20.8. The van der Waals surface area contributed by atoms with Gasteiger partial charge < -0.3 is 19.4 Å². The number of hydrogen-bond acceptors (Lipinski definition) is 4. The number of aromatic nitrogens is 2. The molecule has 4 rings (SSSR count). The van der Waals surface area contributed by atoms with Gasteiger partial charge in [-0.1, -0.05) is 60.7 Å². The first-order valence-corrected chi connectivity index (χ1v) is 11.7. The van der Waals surface area contributed by atoms with Gasteiger partial charge in [-0.25, -0.2) is 9.59 Å². The number of aromatic amines is 2. The minimum atomic E-state index is -0.428. The Bertz CT molecular complexity index is 1340. The fourth-order valence-corrected chi connectivity index (χ4v) is 3.75. The van der Waals surface area contributed by atoms with Gasteiger partial charge in [-0.15, -0.1) is 0 Å². The van der Waals surface area contributed by atoms with Crippen molar-refractivity contribution < 1.29 is 19.1 Å². The van der Waals surface area contributed by atoms with Gasteiger partial charge in [0.15, 0.2) is 0 Å². The van der Waals surface area contributed by atoms with Gasteiger partial charge >= 0.3 is 11.9 Å². The summed E-state index contributed by atoms with van der Waals surface area (Å²) in [5.41, 5.74) is 7.19. The van der Waals surface area contributed by atoms with E-state index in [4.69, 9.17) is 9.47 Å². The summed E-state index contributed by atoms with van der Waals surface area (Å²) in [4.78, 5) is 31.5. The summed E-state index contributed by atoms with van der Waals surface area (Å²) in [7, 11) is 0. The first-order chi connectivity index (χ1) is 17.3. The molecule has 36 heavy (non-hydrogen) atoms. The van der Waals surface area contributed by atoms with Crippen molar-refractivity contribution in [2.75, 3.05) is 0 Å². The molecule has 0 saturated heterocycles. The minimum absolute atomic E-state index is 0.197. The normalized spacial score (nSPS) is 10.4. The molecule has 4 aromatic rings. The Morgan fingerprint density at radius 3 is 1.33 bits per heavy atom. The van der Waals surface area contributed by atoms with Crippen LogP contribution in [0.5, 0.6) is 0 Å². The molecule has 2 aromatic heterocycles. The number of nitrogens with one attached hydrogen (secondary N) is 2. The Balaban J connectivity index is 1.49. The van der Waals surface area contributed by atoms with Crippen LogP contribution in [0.2, 0.25) is 0 Å². The summed E-state index contributed by atoms with van der Waals surface area (Å²) >= 11 is 0. The van der Waals surface area contributed by atoms with Crippen LogP contribution in [-0.4, -0.2) is 21.9 Å². The van der Waals surface area contributed by atoms with Gasteiger partial charge in [0.05, 0.1) is 11.4 Å². The van der Waals surface area contributed by atoms with E-state index in [1.165, 1.54) is 0 Å². The molecule has 2 heterocycles. The van der Waals surface area contributed by atoms with Crippen molar-refractivity contribution in [3.05, 3.63) is 117 Å². The highest BCUT2D eigenvalue weighted by atomic mass is 16.5. The molecule has 182 valence electrons. The third-order valence-electron chi connectivity index (χ3n) is 6.27. The number of hydrogen-bond donors (Lipinski definition) is 2. The topological polar surface area (TPSA) is 84.2 Å². The molecule has 0 aliphatic heterocycles. The summed E-state index contributed by atoms with van der Waals surface area (Å²) in [5.74, 6) is 5.35. The van der Waals surface area contributed by atoms with E-state index >= 15 is 0 Å². The number of H-pyrrole nitrogens is 2. The molecule has 0 radical (unpaired) electrons. The number of esters is 2. The van der Waals surface area contributed by atoms with Crippen molar-refractivity contribution in [2.45, 2.75) is 40.9 Å². The Morgan fingerprint density at radius 2 is 0.972 bits per heavy atom. The Kier molecular flexibility index (Phi) is 7.41. The predicted molar refractivity (Wildman–Crippen MR) is 138 cm³/mol. The summed E-state index contributed by atoms with van der Waals surface area (Å²) in [6.45, 7) is 7.93. The molecule has 6 heteroatoms. The predicted octanol–water partition coefficient (Wildman–Crippen LogP) is 5.69. The van der Waals surface area contributed by atoms with Crippen LogP contribution in [0.3, 0.4) is 0 Å². The molecule has 0 saturated carbocycles. The Morgan fingerprint density at radius 1 is 0.611 bits per heavy atom. The van der Waals surface area contributed by atoms with E-state index in [9.17, 15) is 9.59 Å². The van der Waals surface area contributed by atoms with E-state index in [1.54, 1.807) is 0 Å². The highest BCUT2D eigenvalue weighted by Gasteiger charge is 2.19. The fraction of sp³-hybridized carbons (Fsp3) is 0.200. The highest BCUT2D eigenvalue weighted by Crippen LogP contribution is 2.20. The summed E-state index contributed by atoms with van der Waals surface area (Å²) < 4.78 is 10.9. The number of carbonyl (C=O) groups is 2. The van der Waals surface area contributed by atoms with Crippen LogP contribution in [0.25, 0.3) is 0 Å². The highest BCUT2D eigenvalue weighted by molar-refractivity contribution is 5.91. The van der Waals surface area contributed by atoms with E-state index in [0.29, 0.717) is 22.8 Å². The SMILES string of the molecule is Cc1c(C#Cc2[nH]c(C(=O)OCc3ccccc3)c(C)c2C)[nH]c(C(=O)OCc2ccccc2)c1C. The van der Waals surface area contributed by atoms with Crippen LogP contribution >= 0.6 is 0 Å². The summed E-state index contributed by atoms with van der Waals surface area (Å²) in [5, 5.41) is 0. The van der Waals surface area contributed by atoms with Gasteiger partial charge in [-0.2, -0.15) is 0 Å². The average Bonchev–Trinajstić information content (AvgIpc) is 3.35. The zero-order valence-corrected chi connectivity index (χ0v) is 20.8. The van der Waals surface area contributed by atoms with Crippen molar-refractivity contribution in [1.82, 2.24) is 9.97 Å². The van der Waals surface area contributed by atoms with Crippen molar-refractivity contribution in [3.63, 3.8) is 0 Å². The second-order valence-corrected chi connectivity index (χ2v) is 8.62. The van der Waals surface area contributed by atoms with Crippen molar-refractivity contribution in [1.29, 1.82) is 0 Å². The van der Waals surface area contributed by atoms with Crippen LogP contribution in [0, 0.1) is 39.5 Å².